The van der Waals surface area contributed by atoms with Crippen LogP contribution in [0.3, 0.4) is 0 Å². The number of hydrogen-bond donors (Lipinski definition) is 0. The van der Waals surface area contributed by atoms with Crippen LogP contribution in [0.25, 0.3) is 5.57 Å². The SMILES string of the molecule is [B][P+](C1=C(c2ccccc2)C2C=CC1C2)(C1CCCCC1)C1CCCCC1. The molecule has 140 valence electrons. The van der Waals surface area contributed by atoms with Gasteiger partial charge in [-0.2, -0.15) is 0 Å². The Hall–Kier alpha value is -0.805. The maximum absolute atomic E-state index is 7.79. The smallest absolute Gasteiger partial charge is 0.0801 e. The molecule has 1 aromatic carbocycles. The second kappa shape index (κ2) is 7.55. The van der Waals surface area contributed by atoms with Gasteiger partial charge in [0.2, 0.25) is 0 Å². The van der Waals surface area contributed by atoms with Gasteiger partial charge in [-0.25, -0.2) is 0 Å². The molecule has 0 saturated heterocycles. The minimum atomic E-state index is -1.60. The summed E-state index contributed by atoms with van der Waals surface area (Å²) in [4.78, 5) is 0. The van der Waals surface area contributed by atoms with Crippen molar-refractivity contribution in [3.05, 3.63) is 53.4 Å². The van der Waals surface area contributed by atoms with Gasteiger partial charge in [-0.05, 0) is 70.5 Å². The number of allylic oxidation sites excluding steroid dienone is 4. The van der Waals surface area contributed by atoms with Crippen molar-refractivity contribution < 1.29 is 0 Å². The summed E-state index contributed by atoms with van der Waals surface area (Å²) in [6, 6.07) is 11.3. The van der Waals surface area contributed by atoms with E-state index in [0.717, 1.165) is 11.3 Å². The van der Waals surface area contributed by atoms with E-state index in [1.807, 2.05) is 0 Å². The van der Waals surface area contributed by atoms with Gasteiger partial charge in [0.15, 0.2) is 0 Å². The molecule has 0 nitrogen and oxygen atoms in total. The highest BCUT2D eigenvalue weighted by Crippen LogP contribution is 2.79. The Morgan fingerprint density at radius 2 is 1.26 bits per heavy atom. The fraction of sp³-hybridized carbons (Fsp3) is 0.600. The third kappa shape index (κ3) is 3.09. The van der Waals surface area contributed by atoms with E-state index >= 15 is 0 Å². The zero-order chi connectivity index (χ0) is 18.3. The lowest BCUT2D eigenvalue weighted by molar-refractivity contribution is 0.483. The van der Waals surface area contributed by atoms with Crippen LogP contribution in [-0.4, -0.2) is 18.9 Å². The van der Waals surface area contributed by atoms with Gasteiger partial charge in [0, 0.05) is 17.4 Å². The molecule has 2 atom stereocenters. The molecule has 4 aliphatic carbocycles. The Balaban J connectivity index is 1.64. The molecule has 0 amide bonds. The van der Waals surface area contributed by atoms with E-state index in [1.165, 1.54) is 76.2 Å². The van der Waals surface area contributed by atoms with Crippen LogP contribution >= 0.6 is 7.14 Å². The standard InChI is InChI=1S/C25H33BP/c26-27(22-12-6-2-7-13-22,23-14-8-3-9-15-23)25-21-17-16-20(18-21)24(25)19-10-4-1-5-11-19/h1,4-5,10-11,16-17,20-23H,2-3,6-9,12-15,18H2/q+1. The maximum atomic E-state index is 7.79. The Labute approximate surface area is 167 Å². The molecule has 2 heteroatoms. The van der Waals surface area contributed by atoms with Crippen molar-refractivity contribution in [2.24, 2.45) is 11.8 Å². The van der Waals surface area contributed by atoms with Crippen LogP contribution in [-0.2, 0) is 0 Å². The van der Waals surface area contributed by atoms with Crippen molar-refractivity contribution in [3.63, 3.8) is 0 Å². The summed E-state index contributed by atoms with van der Waals surface area (Å²) < 4.78 is 0. The predicted molar refractivity (Wildman–Crippen MR) is 121 cm³/mol. The second-order valence-corrected chi connectivity index (χ2v) is 13.0. The highest BCUT2D eigenvalue weighted by atomic mass is 31.2. The quantitative estimate of drug-likeness (QED) is 0.293. The minimum absolute atomic E-state index is 0.627. The first-order valence-electron chi connectivity index (χ1n) is 11.4. The van der Waals surface area contributed by atoms with Crippen molar-refractivity contribution in [1.29, 1.82) is 0 Å². The van der Waals surface area contributed by atoms with Gasteiger partial charge in [0.1, 0.15) is 0 Å². The molecular weight excluding hydrogens is 342 g/mol. The lowest BCUT2D eigenvalue weighted by atomic mass is 9.95. The summed E-state index contributed by atoms with van der Waals surface area (Å²) in [5, 5.41) is 1.78. The monoisotopic (exact) mass is 375 g/mol. The van der Waals surface area contributed by atoms with Crippen LogP contribution in [0.4, 0.5) is 0 Å². The average Bonchev–Trinajstić information content (AvgIpc) is 3.37. The molecule has 1 aromatic rings. The highest BCUT2D eigenvalue weighted by Gasteiger charge is 2.57. The zero-order valence-electron chi connectivity index (χ0n) is 16.7. The lowest BCUT2D eigenvalue weighted by Crippen LogP contribution is -2.30. The Bertz CT molecular complexity index is 704. The molecule has 0 aromatic heterocycles. The fourth-order valence-corrected chi connectivity index (χ4v) is 12.0. The molecule has 2 saturated carbocycles. The van der Waals surface area contributed by atoms with Crippen LogP contribution in [0.1, 0.15) is 76.2 Å². The van der Waals surface area contributed by atoms with Crippen LogP contribution < -0.4 is 0 Å². The molecule has 2 unspecified atom stereocenters. The molecular formula is C25H33BP+. The molecule has 4 aliphatic rings. The van der Waals surface area contributed by atoms with Crippen LogP contribution in [0.15, 0.2) is 47.8 Å². The van der Waals surface area contributed by atoms with Gasteiger partial charge in [-0.15, -0.1) is 0 Å². The fourth-order valence-electron chi connectivity index (χ4n) is 6.69. The highest BCUT2D eigenvalue weighted by molar-refractivity contribution is 8.01. The average molecular weight is 375 g/mol. The normalized spacial score (nSPS) is 29.6. The Kier molecular flexibility index (Phi) is 5.10. The molecule has 0 spiro atoms. The summed E-state index contributed by atoms with van der Waals surface area (Å²) >= 11 is 0. The summed E-state index contributed by atoms with van der Waals surface area (Å²) in [5.74, 6) is 1.27. The zero-order valence-corrected chi connectivity index (χ0v) is 17.5. The topological polar surface area (TPSA) is 0 Å². The first-order valence-corrected chi connectivity index (χ1v) is 13.4. The molecule has 0 aliphatic heterocycles. The van der Waals surface area contributed by atoms with Gasteiger partial charge in [-0.3, -0.25) is 0 Å². The first kappa shape index (κ1) is 18.2. The van der Waals surface area contributed by atoms with Gasteiger partial charge in [0.05, 0.1) is 16.6 Å². The number of fused-ring (bicyclic) bond motifs is 2. The summed E-state index contributed by atoms with van der Waals surface area (Å²) in [5.41, 5.74) is 4.73. The third-order valence-electron chi connectivity index (χ3n) is 7.94. The third-order valence-corrected chi connectivity index (χ3v) is 12.8. The van der Waals surface area contributed by atoms with Crippen molar-refractivity contribution in [1.82, 2.24) is 0 Å². The van der Waals surface area contributed by atoms with E-state index in [1.54, 1.807) is 10.9 Å². The molecule has 27 heavy (non-hydrogen) atoms. The van der Waals surface area contributed by atoms with Crippen molar-refractivity contribution >= 4 is 20.3 Å². The summed E-state index contributed by atoms with van der Waals surface area (Å²) in [7, 11) is 6.18. The van der Waals surface area contributed by atoms with Gasteiger partial charge in [0.25, 0.3) is 0 Å². The van der Waals surface area contributed by atoms with Crippen LogP contribution in [0.2, 0.25) is 0 Å². The van der Waals surface area contributed by atoms with E-state index in [0.29, 0.717) is 11.8 Å². The molecule has 2 radical (unpaired) electrons. The Morgan fingerprint density at radius 1 is 0.704 bits per heavy atom. The molecule has 5 rings (SSSR count). The summed E-state index contributed by atoms with van der Waals surface area (Å²) in [6.45, 7) is 0. The molecule has 2 fully saturated rings. The molecule has 2 bridgehead atoms. The van der Waals surface area contributed by atoms with Crippen molar-refractivity contribution in [2.45, 2.75) is 81.9 Å². The van der Waals surface area contributed by atoms with E-state index in [2.05, 4.69) is 42.5 Å². The van der Waals surface area contributed by atoms with E-state index < -0.39 is 7.14 Å². The van der Waals surface area contributed by atoms with E-state index in [-0.39, 0.29) is 0 Å². The Morgan fingerprint density at radius 3 is 1.85 bits per heavy atom. The van der Waals surface area contributed by atoms with Gasteiger partial charge in [-0.1, -0.05) is 55.3 Å². The number of rotatable bonds is 4. The minimum Gasteiger partial charge on any atom is -0.0801 e. The van der Waals surface area contributed by atoms with Gasteiger partial charge < -0.3 is 0 Å². The largest absolute Gasteiger partial charge is 0.371 e. The predicted octanol–water partition coefficient (Wildman–Crippen LogP) is 7.37. The molecule has 0 heterocycles. The van der Waals surface area contributed by atoms with E-state index in [4.69, 9.17) is 7.57 Å². The second-order valence-electron chi connectivity index (χ2n) is 9.42. The number of hydrogen-bond acceptors (Lipinski definition) is 0. The van der Waals surface area contributed by atoms with Gasteiger partial charge >= 0.3 is 7.57 Å². The maximum Gasteiger partial charge on any atom is 0.371 e. The first-order chi connectivity index (χ1) is 13.3. The van der Waals surface area contributed by atoms with E-state index in [9.17, 15) is 0 Å². The van der Waals surface area contributed by atoms with Crippen molar-refractivity contribution in [3.8, 4) is 0 Å². The summed E-state index contributed by atoms with van der Waals surface area (Å²) in [6.07, 6.45) is 20.4. The lowest BCUT2D eigenvalue weighted by Gasteiger charge is -2.44. The van der Waals surface area contributed by atoms with Crippen molar-refractivity contribution in [2.75, 3.05) is 0 Å². The van der Waals surface area contributed by atoms with Crippen LogP contribution in [0, 0.1) is 11.8 Å². The van der Waals surface area contributed by atoms with Crippen LogP contribution in [0.5, 0.6) is 0 Å². The number of benzene rings is 1. The molecule has 0 N–H and O–H groups in total.